The monoisotopic (exact) mass is 547 g/mol. The molecule has 3 N–H and O–H groups in total. The van der Waals surface area contributed by atoms with Crippen LogP contribution in [0.1, 0.15) is 30.1 Å². The molecule has 3 aromatic rings. The van der Waals surface area contributed by atoms with E-state index in [1.165, 1.54) is 16.4 Å². The molecule has 0 radical (unpaired) electrons. The van der Waals surface area contributed by atoms with E-state index in [9.17, 15) is 13.5 Å². The standard InChI is InChI=1S/C26H33N3O6S2/c1-17(2)12-29(37(31,32)22-8-9-25-26(11-22)35-16-34-25)13-24(30)23(27)10-19-4-6-21(7-5-19)33-14-20-15-36-18(3)28-20/h4-9,11,15,17,23-24,30H,10,12-14,16,27H2,1-3H3. The second-order valence-electron chi connectivity index (χ2n) is 9.46. The average Bonchev–Trinajstić information content (AvgIpc) is 3.50. The van der Waals surface area contributed by atoms with E-state index in [0.717, 1.165) is 16.3 Å². The third kappa shape index (κ3) is 6.99. The van der Waals surface area contributed by atoms with Gasteiger partial charge < -0.3 is 25.1 Å². The van der Waals surface area contributed by atoms with Crippen LogP contribution >= 0.6 is 11.3 Å². The molecule has 200 valence electrons. The van der Waals surface area contributed by atoms with Crippen LogP contribution in [0.5, 0.6) is 17.2 Å². The average molecular weight is 548 g/mol. The van der Waals surface area contributed by atoms with Gasteiger partial charge in [0.2, 0.25) is 16.8 Å². The topological polar surface area (TPSA) is 124 Å². The van der Waals surface area contributed by atoms with Crippen LogP contribution in [0.3, 0.4) is 0 Å². The maximum absolute atomic E-state index is 13.4. The highest BCUT2D eigenvalue weighted by Gasteiger charge is 2.31. The highest BCUT2D eigenvalue weighted by molar-refractivity contribution is 7.89. The fraction of sp³-hybridized carbons (Fsp3) is 0.423. The summed E-state index contributed by atoms with van der Waals surface area (Å²) in [4.78, 5) is 4.47. The lowest BCUT2D eigenvalue weighted by Gasteiger charge is -2.28. The molecule has 0 bridgehead atoms. The van der Waals surface area contributed by atoms with E-state index in [0.29, 0.717) is 30.3 Å². The summed E-state index contributed by atoms with van der Waals surface area (Å²) in [7, 11) is -3.89. The van der Waals surface area contributed by atoms with Crippen LogP contribution in [-0.4, -0.2) is 54.8 Å². The van der Waals surface area contributed by atoms with Crippen molar-refractivity contribution in [1.29, 1.82) is 0 Å². The zero-order valence-electron chi connectivity index (χ0n) is 21.2. The first kappa shape index (κ1) is 27.3. The number of ether oxygens (including phenoxy) is 3. The van der Waals surface area contributed by atoms with Gasteiger partial charge in [0.15, 0.2) is 11.5 Å². The number of aromatic nitrogens is 1. The van der Waals surface area contributed by atoms with Gasteiger partial charge in [0.1, 0.15) is 12.4 Å². The van der Waals surface area contributed by atoms with Gasteiger partial charge in [0, 0.05) is 30.6 Å². The van der Waals surface area contributed by atoms with Crippen LogP contribution in [0.2, 0.25) is 0 Å². The van der Waals surface area contributed by atoms with E-state index in [4.69, 9.17) is 19.9 Å². The molecule has 2 atom stereocenters. The van der Waals surface area contributed by atoms with E-state index in [-0.39, 0.29) is 30.7 Å². The minimum absolute atomic E-state index is 0.0490. The van der Waals surface area contributed by atoms with Gasteiger partial charge in [-0.2, -0.15) is 4.31 Å². The molecule has 2 aromatic carbocycles. The third-order valence-electron chi connectivity index (χ3n) is 5.88. The van der Waals surface area contributed by atoms with Crippen LogP contribution < -0.4 is 19.9 Å². The van der Waals surface area contributed by atoms with E-state index < -0.39 is 22.2 Å². The van der Waals surface area contributed by atoms with Gasteiger partial charge in [0.25, 0.3) is 0 Å². The summed E-state index contributed by atoms with van der Waals surface area (Å²) in [6.07, 6.45) is -0.682. The lowest BCUT2D eigenvalue weighted by atomic mass is 10.0. The van der Waals surface area contributed by atoms with E-state index >= 15 is 0 Å². The van der Waals surface area contributed by atoms with Gasteiger partial charge in [-0.25, -0.2) is 13.4 Å². The van der Waals surface area contributed by atoms with Crippen molar-refractivity contribution in [1.82, 2.24) is 9.29 Å². The van der Waals surface area contributed by atoms with Gasteiger partial charge in [-0.05, 0) is 49.1 Å². The summed E-state index contributed by atoms with van der Waals surface area (Å²) in [6.45, 7) is 6.37. The number of nitrogens with zero attached hydrogens (tertiary/aromatic N) is 2. The van der Waals surface area contributed by atoms with Gasteiger partial charge in [-0.1, -0.05) is 26.0 Å². The van der Waals surface area contributed by atoms with E-state index in [2.05, 4.69) is 4.98 Å². The minimum atomic E-state index is -3.89. The van der Waals surface area contributed by atoms with Crippen LogP contribution in [0.4, 0.5) is 0 Å². The molecule has 1 aromatic heterocycles. The van der Waals surface area contributed by atoms with Crippen molar-refractivity contribution < 1.29 is 27.7 Å². The summed E-state index contributed by atoms with van der Waals surface area (Å²) >= 11 is 1.58. The lowest BCUT2D eigenvalue weighted by Crippen LogP contribution is -2.47. The van der Waals surface area contributed by atoms with Crippen molar-refractivity contribution in [2.75, 3.05) is 19.9 Å². The number of thiazole rings is 1. The van der Waals surface area contributed by atoms with Gasteiger partial charge in [0.05, 0.1) is 21.7 Å². The molecule has 0 saturated carbocycles. The molecule has 1 aliphatic heterocycles. The fourth-order valence-electron chi connectivity index (χ4n) is 3.97. The number of benzene rings is 2. The Hall–Kier alpha value is -2.70. The molecule has 2 heterocycles. The van der Waals surface area contributed by atoms with Crippen LogP contribution in [0.25, 0.3) is 0 Å². The lowest BCUT2D eigenvalue weighted by molar-refractivity contribution is 0.116. The first-order chi connectivity index (χ1) is 17.6. The molecule has 9 nitrogen and oxygen atoms in total. The Morgan fingerprint density at radius 3 is 2.54 bits per heavy atom. The fourth-order valence-corrected chi connectivity index (χ4v) is 6.21. The number of sulfonamides is 1. The molecule has 0 amide bonds. The Bertz CT molecular complexity index is 1290. The molecule has 0 fully saturated rings. The normalized spacial score (nSPS) is 14.8. The van der Waals surface area contributed by atoms with E-state index in [1.807, 2.05) is 50.4 Å². The summed E-state index contributed by atoms with van der Waals surface area (Å²) < 4.78 is 44.6. The summed E-state index contributed by atoms with van der Waals surface area (Å²) in [5.74, 6) is 1.65. The largest absolute Gasteiger partial charge is 0.487 e. The highest BCUT2D eigenvalue weighted by Crippen LogP contribution is 2.34. The Morgan fingerprint density at radius 2 is 1.86 bits per heavy atom. The SMILES string of the molecule is Cc1nc(COc2ccc(CC(N)C(O)CN(CC(C)C)S(=O)(=O)c3ccc4c(c3)OCO4)cc2)cs1. The molecule has 37 heavy (non-hydrogen) atoms. The number of nitrogens with two attached hydrogens (primary N) is 1. The second kappa shape index (κ2) is 11.8. The smallest absolute Gasteiger partial charge is 0.243 e. The maximum atomic E-state index is 13.4. The van der Waals surface area contributed by atoms with Crippen LogP contribution in [0.15, 0.2) is 52.7 Å². The van der Waals surface area contributed by atoms with Crippen molar-refractivity contribution in [3.05, 3.63) is 64.1 Å². The number of fused-ring (bicyclic) bond motifs is 1. The molecule has 0 aliphatic carbocycles. The molecule has 0 spiro atoms. The summed E-state index contributed by atoms with van der Waals surface area (Å²) in [5.41, 5.74) is 8.11. The number of aliphatic hydroxyl groups is 1. The first-order valence-electron chi connectivity index (χ1n) is 12.1. The zero-order valence-corrected chi connectivity index (χ0v) is 22.8. The molecular formula is C26H33N3O6S2. The van der Waals surface area contributed by atoms with E-state index in [1.54, 1.807) is 17.4 Å². The van der Waals surface area contributed by atoms with Gasteiger partial charge in [-0.3, -0.25) is 0 Å². The number of hydrogen-bond donors (Lipinski definition) is 2. The van der Waals surface area contributed by atoms with Crippen molar-refractivity contribution in [3.63, 3.8) is 0 Å². The predicted octanol–water partition coefficient (Wildman–Crippen LogP) is 3.34. The molecule has 2 unspecified atom stereocenters. The van der Waals surface area contributed by atoms with Gasteiger partial charge >= 0.3 is 0 Å². The Kier molecular flexibility index (Phi) is 8.71. The van der Waals surface area contributed by atoms with Crippen LogP contribution in [0, 0.1) is 12.8 Å². The first-order valence-corrected chi connectivity index (χ1v) is 14.4. The van der Waals surface area contributed by atoms with Crippen LogP contribution in [-0.2, 0) is 23.1 Å². The zero-order chi connectivity index (χ0) is 26.6. The second-order valence-corrected chi connectivity index (χ2v) is 12.5. The molecule has 1 aliphatic rings. The third-order valence-corrected chi connectivity index (χ3v) is 8.53. The Morgan fingerprint density at radius 1 is 1.14 bits per heavy atom. The molecule has 0 saturated heterocycles. The number of hydrogen-bond acceptors (Lipinski definition) is 9. The Labute approximate surface area is 221 Å². The van der Waals surface area contributed by atoms with Crippen molar-refractivity contribution in [2.24, 2.45) is 11.7 Å². The number of rotatable bonds is 12. The van der Waals surface area contributed by atoms with Crippen molar-refractivity contribution >= 4 is 21.4 Å². The molecule has 4 rings (SSSR count). The summed E-state index contributed by atoms with van der Waals surface area (Å²) in [6, 6.07) is 11.3. The Balaban J connectivity index is 1.38. The van der Waals surface area contributed by atoms with Crippen molar-refractivity contribution in [3.8, 4) is 17.2 Å². The minimum Gasteiger partial charge on any atom is -0.487 e. The molecular weight excluding hydrogens is 514 g/mol. The van der Waals surface area contributed by atoms with Gasteiger partial charge in [-0.15, -0.1) is 11.3 Å². The predicted molar refractivity (Wildman–Crippen MR) is 141 cm³/mol. The maximum Gasteiger partial charge on any atom is 0.243 e. The number of aryl methyl sites for hydroxylation is 1. The highest BCUT2D eigenvalue weighted by atomic mass is 32.2. The van der Waals surface area contributed by atoms with Crippen molar-refractivity contribution in [2.45, 2.75) is 50.8 Å². The molecule has 11 heteroatoms. The summed E-state index contributed by atoms with van der Waals surface area (Å²) in [5, 5.41) is 13.9. The number of aliphatic hydroxyl groups excluding tert-OH is 1. The quantitative estimate of drug-likeness (QED) is 0.354.